The molecule has 2 heterocycles. The van der Waals surface area contributed by atoms with Gasteiger partial charge < -0.3 is 5.32 Å². The molecule has 0 aliphatic carbocycles. The van der Waals surface area contributed by atoms with Crippen molar-refractivity contribution in [2.45, 2.75) is 43.4 Å². The third-order valence-electron chi connectivity index (χ3n) is 5.38. The minimum Gasteiger partial charge on any atom is -0.354 e. The van der Waals surface area contributed by atoms with E-state index in [1.54, 1.807) is 12.1 Å². The van der Waals surface area contributed by atoms with E-state index < -0.39 is 28.7 Å². The average molecular weight is 527 g/mol. The fourth-order valence-electron chi connectivity index (χ4n) is 3.48. The van der Waals surface area contributed by atoms with Gasteiger partial charge in [-0.05, 0) is 62.2 Å². The van der Waals surface area contributed by atoms with Gasteiger partial charge in [-0.25, -0.2) is 22.3 Å². The lowest BCUT2D eigenvalue weighted by Crippen LogP contribution is -2.28. The second-order valence-corrected chi connectivity index (χ2v) is 9.36. The standard InChI is InChI=1S/C13H9F4N3O.C11H14FNOS/c14-10-2-1-8(3-9(10)4-18-7-21)11-5-20-12(6-19-11)13(15,16)17;1-9-3-2-8-13(9)15(14)11-6-4-10(12)5-7-11/h1-3,5-7H,4H2,(H,18,21);4-7,9H,2-3,8H2,1H3. The molecule has 1 saturated heterocycles. The zero-order chi connectivity index (χ0) is 26.3. The van der Waals surface area contributed by atoms with E-state index in [1.807, 2.05) is 4.31 Å². The quantitative estimate of drug-likeness (QED) is 0.367. The van der Waals surface area contributed by atoms with E-state index in [-0.39, 0.29) is 23.6 Å². The van der Waals surface area contributed by atoms with Crippen LogP contribution in [0.25, 0.3) is 11.3 Å². The summed E-state index contributed by atoms with van der Waals surface area (Å²) in [5.74, 6) is -0.821. The summed E-state index contributed by atoms with van der Waals surface area (Å²) in [5, 5.41) is 2.31. The Balaban J connectivity index is 0.000000212. The number of hydrogen-bond acceptors (Lipinski definition) is 4. The molecule has 2 unspecified atom stereocenters. The lowest BCUT2D eigenvalue weighted by molar-refractivity contribution is -0.141. The third-order valence-corrected chi connectivity index (χ3v) is 7.02. The van der Waals surface area contributed by atoms with Gasteiger partial charge in [-0.3, -0.25) is 9.78 Å². The van der Waals surface area contributed by atoms with Gasteiger partial charge in [0.2, 0.25) is 6.41 Å². The van der Waals surface area contributed by atoms with Crippen LogP contribution >= 0.6 is 0 Å². The number of nitrogens with zero attached hydrogens (tertiary/aromatic N) is 3. The second kappa shape index (κ2) is 12.1. The van der Waals surface area contributed by atoms with Gasteiger partial charge >= 0.3 is 6.18 Å². The molecule has 1 N–H and O–H groups in total. The molecule has 1 aromatic heterocycles. The molecule has 2 aromatic carbocycles. The predicted molar refractivity (Wildman–Crippen MR) is 124 cm³/mol. The third kappa shape index (κ3) is 7.14. The van der Waals surface area contributed by atoms with E-state index >= 15 is 0 Å². The van der Waals surface area contributed by atoms with Crippen molar-refractivity contribution in [2.75, 3.05) is 6.54 Å². The molecule has 1 fully saturated rings. The second-order valence-electron chi connectivity index (χ2n) is 7.92. The van der Waals surface area contributed by atoms with Gasteiger partial charge in [0.05, 0.1) is 23.0 Å². The highest BCUT2D eigenvalue weighted by molar-refractivity contribution is 7.82. The first-order chi connectivity index (χ1) is 17.1. The largest absolute Gasteiger partial charge is 0.434 e. The van der Waals surface area contributed by atoms with Crippen molar-refractivity contribution in [1.29, 1.82) is 0 Å². The monoisotopic (exact) mass is 526 g/mol. The van der Waals surface area contributed by atoms with Gasteiger partial charge in [0, 0.05) is 30.3 Å². The Bertz CT molecular complexity index is 1190. The van der Waals surface area contributed by atoms with E-state index in [1.165, 1.54) is 24.3 Å². The minimum atomic E-state index is -4.56. The fourth-order valence-corrected chi connectivity index (χ4v) is 4.85. The molecule has 0 saturated carbocycles. The molecule has 3 aromatic rings. The first-order valence-electron chi connectivity index (χ1n) is 10.9. The summed E-state index contributed by atoms with van der Waals surface area (Å²) >= 11 is 0. The molecule has 4 rings (SSSR count). The Hall–Kier alpha value is -3.25. The Morgan fingerprint density at radius 3 is 2.39 bits per heavy atom. The molecule has 0 spiro atoms. The highest BCUT2D eigenvalue weighted by Gasteiger charge is 2.32. The molecule has 0 bridgehead atoms. The summed E-state index contributed by atoms with van der Waals surface area (Å²) in [7, 11) is -1.13. The van der Waals surface area contributed by atoms with Gasteiger partial charge in [0.15, 0.2) is 5.69 Å². The molecule has 1 amide bonds. The van der Waals surface area contributed by atoms with Crippen LogP contribution in [0.1, 0.15) is 31.0 Å². The van der Waals surface area contributed by atoms with Crippen LogP contribution in [0.3, 0.4) is 0 Å². The summed E-state index contributed by atoms with van der Waals surface area (Å²) in [6, 6.07) is 10.2. The van der Waals surface area contributed by atoms with Gasteiger partial charge in [0.25, 0.3) is 0 Å². The van der Waals surface area contributed by atoms with Crippen molar-refractivity contribution in [3.63, 3.8) is 0 Å². The van der Waals surface area contributed by atoms with Crippen LogP contribution in [-0.4, -0.2) is 37.5 Å². The molecule has 192 valence electrons. The molecular weight excluding hydrogens is 503 g/mol. The average Bonchev–Trinajstić information content (AvgIpc) is 3.29. The van der Waals surface area contributed by atoms with Crippen LogP contribution in [0, 0.1) is 11.6 Å². The highest BCUT2D eigenvalue weighted by Crippen LogP contribution is 2.28. The fraction of sp³-hybridized carbons (Fsp3) is 0.292. The van der Waals surface area contributed by atoms with E-state index in [4.69, 9.17) is 0 Å². The van der Waals surface area contributed by atoms with E-state index in [9.17, 15) is 31.0 Å². The van der Waals surface area contributed by atoms with E-state index in [0.717, 1.165) is 31.6 Å². The first-order valence-corrected chi connectivity index (χ1v) is 12.0. The highest BCUT2D eigenvalue weighted by atomic mass is 32.2. The number of hydrogen-bond donors (Lipinski definition) is 1. The zero-order valence-electron chi connectivity index (χ0n) is 19.1. The SMILES string of the molecule is CC1CCCN1S(=O)c1ccc(F)cc1.O=CNCc1cc(-c2cnc(C(F)(F)F)cn2)ccc1F. The molecule has 6 nitrogen and oxygen atoms in total. The lowest BCUT2D eigenvalue weighted by atomic mass is 10.1. The minimum absolute atomic E-state index is 0.0305. The Morgan fingerprint density at radius 2 is 1.83 bits per heavy atom. The maximum absolute atomic E-state index is 13.5. The molecule has 36 heavy (non-hydrogen) atoms. The van der Waals surface area contributed by atoms with Crippen LogP contribution < -0.4 is 5.32 Å². The normalized spacial score (nSPS) is 16.7. The molecule has 0 radical (unpaired) electrons. The van der Waals surface area contributed by atoms with E-state index in [2.05, 4.69) is 22.2 Å². The summed E-state index contributed by atoms with van der Waals surface area (Å²) in [5.41, 5.74) is -0.326. The number of rotatable bonds is 6. The van der Waals surface area contributed by atoms with Crippen LogP contribution in [0.5, 0.6) is 0 Å². The zero-order valence-corrected chi connectivity index (χ0v) is 20.0. The summed E-state index contributed by atoms with van der Waals surface area (Å²) < 4.78 is 77.4. The van der Waals surface area contributed by atoms with Crippen molar-refractivity contribution in [3.8, 4) is 11.3 Å². The molecule has 12 heteroatoms. The number of alkyl halides is 3. The van der Waals surface area contributed by atoms with Crippen molar-refractivity contribution in [3.05, 3.63) is 77.8 Å². The summed E-state index contributed by atoms with van der Waals surface area (Å²) in [4.78, 5) is 17.9. The molecule has 2 atom stereocenters. The topological polar surface area (TPSA) is 75.2 Å². The number of amides is 1. The van der Waals surface area contributed by atoms with Crippen molar-refractivity contribution < 1.29 is 31.0 Å². The summed E-state index contributed by atoms with van der Waals surface area (Å²) in [6.45, 7) is 2.91. The number of carbonyl (C=O) groups excluding carboxylic acids is 1. The maximum atomic E-state index is 13.5. The van der Waals surface area contributed by atoms with Crippen LogP contribution in [0.4, 0.5) is 22.0 Å². The number of halogens is 5. The van der Waals surface area contributed by atoms with Crippen LogP contribution in [0.15, 0.2) is 59.8 Å². The maximum Gasteiger partial charge on any atom is 0.434 e. The van der Waals surface area contributed by atoms with Crippen molar-refractivity contribution in [1.82, 2.24) is 19.6 Å². The smallest absolute Gasteiger partial charge is 0.354 e. The Kier molecular flexibility index (Phi) is 9.21. The number of benzene rings is 2. The molecule has 1 aliphatic rings. The first kappa shape index (κ1) is 27.3. The van der Waals surface area contributed by atoms with Gasteiger partial charge in [0.1, 0.15) is 22.6 Å². The van der Waals surface area contributed by atoms with Gasteiger partial charge in [-0.15, -0.1) is 0 Å². The Morgan fingerprint density at radius 1 is 1.11 bits per heavy atom. The number of aromatic nitrogens is 2. The number of nitrogens with one attached hydrogen (secondary N) is 1. The van der Waals surface area contributed by atoms with Gasteiger partial charge in [-0.1, -0.05) is 0 Å². The number of carbonyl (C=O) groups is 1. The van der Waals surface area contributed by atoms with E-state index in [0.29, 0.717) is 29.1 Å². The van der Waals surface area contributed by atoms with Crippen LogP contribution in [0.2, 0.25) is 0 Å². The van der Waals surface area contributed by atoms with Crippen molar-refractivity contribution >= 4 is 17.4 Å². The Labute approximate surface area is 207 Å². The molecule has 1 aliphatic heterocycles. The summed E-state index contributed by atoms with van der Waals surface area (Å²) in [6.07, 6.45) is -0.381. The molecular formula is C24H23F5N4O2S. The van der Waals surface area contributed by atoms with Gasteiger partial charge in [-0.2, -0.15) is 13.2 Å². The predicted octanol–water partition coefficient (Wildman–Crippen LogP) is 4.88. The lowest BCUT2D eigenvalue weighted by Gasteiger charge is -2.19. The van der Waals surface area contributed by atoms with Crippen LogP contribution in [-0.2, 0) is 28.5 Å². The van der Waals surface area contributed by atoms with Crippen molar-refractivity contribution in [2.24, 2.45) is 0 Å².